The van der Waals surface area contributed by atoms with Crippen LogP contribution >= 0.6 is 0 Å². The first-order chi connectivity index (χ1) is 24.1. The summed E-state index contributed by atoms with van der Waals surface area (Å²) in [6.07, 6.45) is 0. The molecule has 0 N–H and O–H groups in total. The SMILES string of the molecule is Cc1cc(N(c2ccccc2)c2cc3c(c4ccccc24)-c2cc4ccccc4cc2C32c3ccccc3-c3ccccc32)cc(C)c1C. The highest BCUT2D eigenvalue weighted by Gasteiger charge is 2.52. The number of benzene rings is 8. The summed E-state index contributed by atoms with van der Waals surface area (Å²) in [5, 5.41) is 5.08. The highest BCUT2D eigenvalue weighted by molar-refractivity contribution is 6.13. The number of rotatable bonds is 3. The molecule has 0 aromatic heterocycles. The first kappa shape index (κ1) is 28.1. The third kappa shape index (κ3) is 3.76. The van der Waals surface area contributed by atoms with Crippen molar-refractivity contribution in [3.8, 4) is 22.3 Å². The lowest BCUT2D eigenvalue weighted by Crippen LogP contribution is -2.26. The largest absolute Gasteiger partial charge is 0.310 e. The van der Waals surface area contributed by atoms with Crippen LogP contribution < -0.4 is 4.90 Å². The van der Waals surface area contributed by atoms with Crippen LogP contribution in [0, 0.1) is 20.8 Å². The first-order valence-corrected chi connectivity index (χ1v) is 17.3. The summed E-state index contributed by atoms with van der Waals surface area (Å²) in [5.74, 6) is 0. The molecule has 0 radical (unpaired) electrons. The lowest BCUT2D eigenvalue weighted by molar-refractivity contribution is 0.795. The van der Waals surface area contributed by atoms with Gasteiger partial charge in [0.1, 0.15) is 0 Å². The minimum Gasteiger partial charge on any atom is -0.310 e. The van der Waals surface area contributed by atoms with Gasteiger partial charge in [-0.15, -0.1) is 0 Å². The zero-order valence-corrected chi connectivity index (χ0v) is 28.0. The van der Waals surface area contributed by atoms with Crippen LogP contribution in [-0.4, -0.2) is 0 Å². The highest BCUT2D eigenvalue weighted by atomic mass is 15.1. The monoisotopic (exact) mass is 625 g/mol. The molecule has 49 heavy (non-hydrogen) atoms. The second-order valence-corrected chi connectivity index (χ2v) is 13.8. The average molecular weight is 626 g/mol. The van der Waals surface area contributed by atoms with Crippen LogP contribution in [-0.2, 0) is 5.41 Å². The maximum atomic E-state index is 2.54. The van der Waals surface area contributed by atoms with E-state index in [1.165, 1.54) is 94.1 Å². The number of hydrogen-bond acceptors (Lipinski definition) is 1. The van der Waals surface area contributed by atoms with Crippen molar-refractivity contribution in [1.29, 1.82) is 0 Å². The molecule has 1 spiro atoms. The van der Waals surface area contributed by atoms with Crippen LogP contribution in [0.4, 0.5) is 17.1 Å². The van der Waals surface area contributed by atoms with Crippen molar-refractivity contribution >= 4 is 38.6 Å². The first-order valence-electron chi connectivity index (χ1n) is 17.3. The van der Waals surface area contributed by atoms with Crippen molar-refractivity contribution in [3.05, 3.63) is 197 Å². The van der Waals surface area contributed by atoms with Gasteiger partial charge in [-0.05, 0) is 141 Å². The zero-order valence-electron chi connectivity index (χ0n) is 28.0. The van der Waals surface area contributed by atoms with Gasteiger partial charge in [-0.25, -0.2) is 0 Å². The molecule has 10 rings (SSSR count). The van der Waals surface area contributed by atoms with Crippen LogP contribution in [0.2, 0.25) is 0 Å². The number of anilines is 3. The Morgan fingerprint density at radius 2 is 0.959 bits per heavy atom. The molecule has 0 fully saturated rings. The van der Waals surface area contributed by atoms with E-state index in [9.17, 15) is 0 Å². The summed E-state index contributed by atoms with van der Waals surface area (Å²) in [6.45, 7) is 6.70. The molecule has 0 bridgehead atoms. The molecule has 0 saturated carbocycles. The van der Waals surface area contributed by atoms with Gasteiger partial charge in [-0.1, -0.05) is 115 Å². The molecule has 8 aromatic carbocycles. The third-order valence-corrected chi connectivity index (χ3v) is 11.4. The Morgan fingerprint density at radius 1 is 0.408 bits per heavy atom. The minimum absolute atomic E-state index is 0.456. The summed E-state index contributed by atoms with van der Waals surface area (Å²) < 4.78 is 0. The fourth-order valence-corrected chi connectivity index (χ4v) is 8.99. The second-order valence-electron chi connectivity index (χ2n) is 13.8. The summed E-state index contributed by atoms with van der Waals surface area (Å²) in [6, 6.07) is 59.2. The van der Waals surface area contributed by atoms with Gasteiger partial charge in [0, 0.05) is 16.8 Å². The summed E-state index contributed by atoms with van der Waals surface area (Å²) >= 11 is 0. The Labute approximate surface area is 287 Å². The number of para-hydroxylation sites is 1. The molecule has 2 aliphatic rings. The van der Waals surface area contributed by atoms with Crippen LogP contribution in [0.3, 0.4) is 0 Å². The van der Waals surface area contributed by atoms with E-state index in [-0.39, 0.29) is 0 Å². The molecule has 0 aliphatic heterocycles. The Hall–Kier alpha value is -5.92. The molecule has 8 aromatic rings. The van der Waals surface area contributed by atoms with Gasteiger partial charge in [-0.3, -0.25) is 0 Å². The minimum atomic E-state index is -0.456. The van der Waals surface area contributed by atoms with Crippen LogP contribution in [0.1, 0.15) is 38.9 Å². The predicted octanol–water partition coefficient (Wildman–Crippen LogP) is 12.7. The molecule has 0 unspecified atom stereocenters. The van der Waals surface area contributed by atoms with Gasteiger partial charge in [0.05, 0.1) is 11.1 Å². The van der Waals surface area contributed by atoms with E-state index >= 15 is 0 Å². The molecule has 1 nitrogen and oxygen atoms in total. The van der Waals surface area contributed by atoms with Gasteiger partial charge in [0.25, 0.3) is 0 Å². The van der Waals surface area contributed by atoms with E-state index in [0.717, 1.165) is 5.69 Å². The number of nitrogens with zero attached hydrogens (tertiary/aromatic N) is 1. The van der Waals surface area contributed by atoms with E-state index in [0.29, 0.717) is 0 Å². The van der Waals surface area contributed by atoms with Crippen LogP contribution in [0.15, 0.2) is 158 Å². The molecular formula is C48H35N. The van der Waals surface area contributed by atoms with Gasteiger partial charge < -0.3 is 4.90 Å². The molecule has 232 valence electrons. The quantitative estimate of drug-likeness (QED) is 0.189. The standard InChI is InChI=1S/C48H35N/c1-30-25-36(26-31(2)32(30)3)49(35-17-5-4-6-18-35)46-29-45-47(40-22-10-9-21-39(40)46)41-27-33-15-7-8-16-34(33)28-44(41)48(45)42-23-13-11-19-37(42)38-20-12-14-24-43(38)48/h4-29H,1-3H3. The number of fused-ring (bicyclic) bond motifs is 13. The molecule has 0 heterocycles. The smallest absolute Gasteiger partial charge is 0.0726 e. The Bertz CT molecular complexity index is 2580. The van der Waals surface area contributed by atoms with Crippen LogP contribution in [0.25, 0.3) is 43.8 Å². The summed E-state index contributed by atoms with van der Waals surface area (Å²) in [5.41, 5.74) is 17.8. The molecule has 0 atom stereocenters. The highest BCUT2D eigenvalue weighted by Crippen LogP contribution is 2.65. The molecule has 1 heteroatoms. The van der Waals surface area contributed by atoms with E-state index in [4.69, 9.17) is 0 Å². The fourth-order valence-electron chi connectivity index (χ4n) is 8.99. The van der Waals surface area contributed by atoms with Crippen molar-refractivity contribution in [1.82, 2.24) is 0 Å². The zero-order chi connectivity index (χ0) is 32.9. The van der Waals surface area contributed by atoms with E-state index in [1.54, 1.807) is 0 Å². The van der Waals surface area contributed by atoms with Crippen molar-refractivity contribution < 1.29 is 0 Å². The molecular weight excluding hydrogens is 591 g/mol. The lowest BCUT2D eigenvalue weighted by Gasteiger charge is -2.33. The molecule has 0 amide bonds. The fraction of sp³-hybridized carbons (Fsp3) is 0.0833. The topological polar surface area (TPSA) is 3.24 Å². The van der Waals surface area contributed by atoms with Crippen molar-refractivity contribution in [3.63, 3.8) is 0 Å². The molecule has 2 aliphatic carbocycles. The van der Waals surface area contributed by atoms with Gasteiger partial charge in [-0.2, -0.15) is 0 Å². The average Bonchev–Trinajstić information content (AvgIpc) is 3.60. The lowest BCUT2D eigenvalue weighted by atomic mass is 9.70. The number of hydrogen-bond donors (Lipinski definition) is 0. The Kier molecular flexibility index (Phi) is 5.91. The Balaban J connectivity index is 1.40. The normalized spacial score (nSPS) is 13.4. The summed E-state index contributed by atoms with van der Waals surface area (Å²) in [4.78, 5) is 2.49. The van der Waals surface area contributed by atoms with Crippen molar-refractivity contribution in [2.75, 3.05) is 4.90 Å². The molecule has 0 saturated heterocycles. The van der Waals surface area contributed by atoms with Gasteiger partial charge >= 0.3 is 0 Å². The second kappa shape index (κ2) is 10.3. The predicted molar refractivity (Wildman–Crippen MR) is 207 cm³/mol. The number of aryl methyl sites for hydroxylation is 2. The Morgan fingerprint density at radius 3 is 1.63 bits per heavy atom. The van der Waals surface area contributed by atoms with Crippen molar-refractivity contribution in [2.45, 2.75) is 26.2 Å². The van der Waals surface area contributed by atoms with Gasteiger partial charge in [0.15, 0.2) is 0 Å². The summed E-state index contributed by atoms with van der Waals surface area (Å²) in [7, 11) is 0. The van der Waals surface area contributed by atoms with E-state index in [1.807, 2.05) is 0 Å². The van der Waals surface area contributed by atoms with Gasteiger partial charge in [0.2, 0.25) is 0 Å². The van der Waals surface area contributed by atoms with E-state index in [2.05, 4.69) is 183 Å². The van der Waals surface area contributed by atoms with E-state index < -0.39 is 5.41 Å². The van der Waals surface area contributed by atoms with Crippen LogP contribution in [0.5, 0.6) is 0 Å². The maximum absolute atomic E-state index is 2.54. The maximum Gasteiger partial charge on any atom is 0.0726 e. The third-order valence-electron chi connectivity index (χ3n) is 11.4. The van der Waals surface area contributed by atoms with Crippen molar-refractivity contribution in [2.24, 2.45) is 0 Å².